The van der Waals surface area contributed by atoms with E-state index in [1.165, 1.54) is 0 Å². The minimum atomic E-state index is -2.58. The van der Waals surface area contributed by atoms with Crippen molar-refractivity contribution in [2.75, 3.05) is 5.75 Å². The fraction of sp³-hybridized carbons (Fsp3) is 0.667. The number of nitrogens with two attached hydrogens (primary N) is 1. The zero-order valence-corrected chi connectivity index (χ0v) is 7.82. The Hall–Kier alpha value is 1.18. The van der Waals surface area contributed by atoms with E-state index in [0.717, 1.165) is 0 Å². The average Bonchev–Trinajstić information content (AvgIpc) is 1.85. The second-order valence-corrected chi connectivity index (χ2v) is 2.37. The fourth-order valence-corrected chi connectivity index (χ4v) is 0.620. The maximum absolute atomic E-state index is 10.4. The Balaban J connectivity index is -0.000000405. The first-order valence-electron chi connectivity index (χ1n) is 2.27. The SMILES string of the molecule is Cl.N[C@@H](CS)C(=O)OS(=O)O.[NaH]. The molecule has 0 radical (unpaired) electrons. The van der Waals surface area contributed by atoms with Crippen LogP contribution in [0.25, 0.3) is 0 Å². The van der Waals surface area contributed by atoms with Crippen molar-refractivity contribution >= 4 is 71.9 Å². The van der Waals surface area contributed by atoms with Crippen LogP contribution >= 0.6 is 25.0 Å². The summed E-state index contributed by atoms with van der Waals surface area (Å²) in [7, 11) is 0. The van der Waals surface area contributed by atoms with Crippen LogP contribution in [0.2, 0.25) is 0 Å². The van der Waals surface area contributed by atoms with Gasteiger partial charge in [-0.25, -0.2) is 4.79 Å². The van der Waals surface area contributed by atoms with Gasteiger partial charge < -0.3 is 9.92 Å². The molecule has 9 heteroatoms. The van der Waals surface area contributed by atoms with Crippen molar-refractivity contribution in [2.24, 2.45) is 5.73 Å². The van der Waals surface area contributed by atoms with Gasteiger partial charge in [-0.15, -0.1) is 12.4 Å². The predicted molar refractivity (Wildman–Crippen MR) is 53.1 cm³/mol. The third-order valence-electron chi connectivity index (χ3n) is 0.653. The summed E-state index contributed by atoms with van der Waals surface area (Å²) < 4.78 is 21.7. The summed E-state index contributed by atoms with van der Waals surface area (Å²) in [6.07, 6.45) is 0. The molecule has 0 aromatic heterocycles. The number of carbonyl (C=O) groups excluding carboxylic acids is 1. The molecule has 3 N–H and O–H groups in total. The monoisotopic (exact) mass is 245 g/mol. The van der Waals surface area contributed by atoms with E-state index in [1.807, 2.05) is 0 Å². The predicted octanol–water partition coefficient (Wildman–Crippen LogP) is -1.30. The first kappa shape index (κ1) is 18.9. The third-order valence-corrected chi connectivity index (χ3v) is 1.35. The number of hydrogen-bond acceptors (Lipinski definition) is 5. The normalized spacial score (nSPS) is 13.2. The van der Waals surface area contributed by atoms with Crippen molar-refractivity contribution in [3.8, 4) is 0 Å². The molecular weight excluding hydrogens is 237 g/mol. The summed E-state index contributed by atoms with van der Waals surface area (Å²) in [6, 6.07) is -0.945. The molecule has 70 valence electrons. The van der Waals surface area contributed by atoms with Gasteiger partial charge in [0.15, 0.2) is 0 Å². The summed E-state index contributed by atoms with van der Waals surface area (Å²) in [6.45, 7) is 0. The number of hydrogen-bond donors (Lipinski definition) is 3. The van der Waals surface area contributed by atoms with Crippen molar-refractivity contribution in [2.45, 2.75) is 6.04 Å². The number of halogens is 1. The van der Waals surface area contributed by atoms with Crippen LogP contribution in [-0.4, -0.2) is 56.1 Å². The van der Waals surface area contributed by atoms with Gasteiger partial charge >= 0.3 is 46.9 Å². The van der Waals surface area contributed by atoms with E-state index in [0.29, 0.717) is 0 Å². The molecule has 0 aliphatic heterocycles. The van der Waals surface area contributed by atoms with Crippen LogP contribution in [0.1, 0.15) is 0 Å². The molecule has 2 atom stereocenters. The van der Waals surface area contributed by atoms with Gasteiger partial charge in [-0.3, -0.25) is 4.55 Å². The van der Waals surface area contributed by atoms with E-state index in [1.54, 1.807) is 0 Å². The molecule has 0 heterocycles. The van der Waals surface area contributed by atoms with E-state index >= 15 is 0 Å². The minimum absolute atomic E-state index is 0. The molecule has 0 aromatic carbocycles. The van der Waals surface area contributed by atoms with Gasteiger partial charge in [-0.1, -0.05) is 0 Å². The maximum atomic E-state index is 10.4. The molecule has 0 fully saturated rings. The molecule has 0 bridgehead atoms. The van der Waals surface area contributed by atoms with Gasteiger partial charge in [0.05, 0.1) is 0 Å². The van der Waals surface area contributed by atoms with Crippen LogP contribution < -0.4 is 5.73 Å². The molecule has 0 aromatic rings. The van der Waals surface area contributed by atoms with Crippen LogP contribution in [0.5, 0.6) is 0 Å². The zero-order chi connectivity index (χ0) is 8.15. The van der Waals surface area contributed by atoms with Crippen molar-refractivity contribution in [3.63, 3.8) is 0 Å². The molecule has 0 amide bonds. The Morgan fingerprint density at radius 2 is 2.17 bits per heavy atom. The Morgan fingerprint density at radius 1 is 1.75 bits per heavy atom. The Kier molecular flexibility index (Phi) is 16.1. The summed E-state index contributed by atoms with van der Waals surface area (Å²) in [5.74, 6) is -0.855. The molecule has 0 spiro atoms. The van der Waals surface area contributed by atoms with Gasteiger partial charge in [0.1, 0.15) is 6.04 Å². The summed E-state index contributed by atoms with van der Waals surface area (Å²) in [4.78, 5) is 10.4. The molecule has 1 unspecified atom stereocenters. The first-order chi connectivity index (χ1) is 4.57. The van der Waals surface area contributed by atoms with E-state index in [9.17, 15) is 9.00 Å². The molecule has 12 heavy (non-hydrogen) atoms. The number of rotatable bonds is 3. The summed E-state index contributed by atoms with van der Waals surface area (Å²) in [5, 5.41) is 0. The van der Waals surface area contributed by atoms with Crippen LogP contribution in [0, 0.1) is 0 Å². The van der Waals surface area contributed by atoms with Crippen LogP contribution in [-0.2, 0) is 20.3 Å². The van der Waals surface area contributed by atoms with E-state index in [2.05, 4.69) is 16.8 Å². The van der Waals surface area contributed by atoms with Gasteiger partial charge in [-0.2, -0.15) is 16.8 Å². The molecule has 0 aliphatic rings. The van der Waals surface area contributed by atoms with Gasteiger partial charge in [0.2, 0.25) is 0 Å². The average molecular weight is 246 g/mol. The van der Waals surface area contributed by atoms with Gasteiger partial charge in [0, 0.05) is 5.75 Å². The topological polar surface area (TPSA) is 89.6 Å². The van der Waals surface area contributed by atoms with Crippen LogP contribution in [0.4, 0.5) is 0 Å². The second-order valence-electron chi connectivity index (χ2n) is 1.41. The Labute approximate surface area is 106 Å². The Morgan fingerprint density at radius 3 is 2.42 bits per heavy atom. The quantitative estimate of drug-likeness (QED) is 0.327. The van der Waals surface area contributed by atoms with Crippen molar-refractivity contribution in [3.05, 3.63) is 0 Å². The number of carbonyl (C=O) groups is 1. The summed E-state index contributed by atoms with van der Waals surface area (Å²) >= 11 is 1.09. The van der Waals surface area contributed by atoms with Crippen molar-refractivity contribution < 1.29 is 17.7 Å². The number of thiol groups is 1. The second kappa shape index (κ2) is 10.3. The van der Waals surface area contributed by atoms with Gasteiger partial charge in [-0.05, 0) is 0 Å². The van der Waals surface area contributed by atoms with Gasteiger partial charge in [0.25, 0.3) is 0 Å². The molecule has 5 nitrogen and oxygen atoms in total. The zero-order valence-electron chi connectivity index (χ0n) is 5.30. The summed E-state index contributed by atoms with van der Waals surface area (Å²) in [5.41, 5.74) is 5.07. The van der Waals surface area contributed by atoms with E-state index < -0.39 is 23.4 Å². The first-order valence-corrected chi connectivity index (χ1v) is 3.93. The van der Waals surface area contributed by atoms with Crippen molar-refractivity contribution in [1.82, 2.24) is 0 Å². The molecule has 0 saturated heterocycles. The van der Waals surface area contributed by atoms with Crippen LogP contribution in [0.15, 0.2) is 0 Å². The fourth-order valence-electron chi connectivity index (χ4n) is 0.207. The molecular formula is C3H9ClNNaO4S2. The van der Waals surface area contributed by atoms with Crippen molar-refractivity contribution in [1.29, 1.82) is 0 Å². The molecule has 0 aliphatic carbocycles. The van der Waals surface area contributed by atoms with E-state index in [-0.39, 0.29) is 47.7 Å². The molecule has 0 saturated carbocycles. The Bertz CT molecular complexity index is 159. The van der Waals surface area contributed by atoms with Crippen LogP contribution in [0.3, 0.4) is 0 Å². The standard InChI is InChI=1S/C3H7NO4S2.ClH.Na.H/c4-2(1-9)3(5)8-10(6)7;;;/h2,9H,1,4H2,(H,6,7);1H;;/t2-;;;/m0.../s1. The third kappa shape index (κ3) is 9.27. The van der Waals surface area contributed by atoms with E-state index in [4.69, 9.17) is 10.3 Å². The molecule has 0 rings (SSSR count).